The summed E-state index contributed by atoms with van der Waals surface area (Å²) < 4.78 is 33.5. The molecule has 2 atom stereocenters. The SMILES string of the molecule is COc1cc(/C=C/c2ccc3c(c2)O[C@@H](c2cc(OC)c(O)c(OC)c2)[C@H](CO)O3)cc(OC)c1. The van der Waals surface area contributed by atoms with E-state index in [0.29, 0.717) is 28.6 Å². The van der Waals surface area contributed by atoms with E-state index in [1.807, 2.05) is 42.5 Å². The molecule has 0 unspecified atom stereocenters. The van der Waals surface area contributed by atoms with E-state index in [4.69, 9.17) is 28.4 Å². The summed E-state index contributed by atoms with van der Waals surface area (Å²) in [5.74, 6) is 2.80. The van der Waals surface area contributed by atoms with Gasteiger partial charge in [-0.25, -0.2) is 0 Å². The van der Waals surface area contributed by atoms with Crippen LogP contribution in [0.3, 0.4) is 0 Å². The van der Waals surface area contributed by atoms with Gasteiger partial charge in [0.1, 0.15) is 11.5 Å². The third kappa shape index (κ3) is 5.07. The van der Waals surface area contributed by atoms with E-state index in [2.05, 4.69) is 0 Å². The Hall–Kier alpha value is -4.04. The van der Waals surface area contributed by atoms with Gasteiger partial charge in [-0.2, -0.15) is 0 Å². The van der Waals surface area contributed by atoms with Gasteiger partial charge in [-0.05, 0) is 47.5 Å². The maximum absolute atomic E-state index is 10.3. The first-order valence-corrected chi connectivity index (χ1v) is 10.9. The predicted molar refractivity (Wildman–Crippen MR) is 131 cm³/mol. The van der Waals surface area contributed by atoms with Crippen molar-refractivity contribution in [3.05, 3.63) is 65.2 Å². The maximum Gasteiger partial charge on any atom is 0.200 e. The molecule has 3 aromatic carbocycles. The van der Waals surface area contributed by atoms with Gasteiger partial charge in [0.05, 0.1) is 35.0 Å². The number of ether oxygens (including phenoxy) is 6. The Bertz CT molecular complexity index is 1170. The molecule has 8 nitrogen and oxygen atoms in total. The summed E-state index contributed by atoms with van der Waals surface area (Å²) >= 11 is 0. The lowest BCUT2D eigenvalue weighted by molar-refractivity contribution is -0.0124. The number of phenols is 1. The number of hydrogen-bond acceptors (Lipinski definition) is 8. The highest BCUT2D eigenvalue weighted by atomic mass is 16.6. The molecule has 0 aromatic heterocycles. The molecule has 3 aromatic rings. The maximum atomic E-state index is 10.3. The standard InChI is InChI=1S/C27H28O8/c1-30-19-9-17(10-20(14-19)31-2)6-5-16-7-8-21-22(11-16)35-27(25(15-28)34-21)18-12-23(32-3)26(29)24(13-18)33-4/h5-14,25,27-29H,15H2,1-4H3/b6-5+/t25-,27-/m0/s1. The molecule has 184 valence electrons. The first-order valence-electron chi connectivity index (χ1n) is 10.9. The van der Waals surface area contributed by atoms with E-state index in [-0.39, 0.29) is 23.9 Å². The predicted octanol–water partition coefficient (Wildman–Crippen LogP) is 4.47. The van der Waals surface area contributed by atoms with Crippen molar-refractivity contribution in [2.24, 2.45) is 0 Å². The molecule has 1 heterocycles. The number of phenolic OH excluding ortho intramolecular Hbond substituents is 1. The largest absolute Gasteiger partial charge is 0.502 e. The van der Waals surface area contributed by atoms with Crippen molar-refractivity contribution in [3.8, 4) is 40.2 Å². The summed E-state index contributed by atoms with van der Waals surface area (Å²) in [5, 5.41) is 20.2. The summed E-state index contributed by atoms with van der Waals surface area (Å²) in [6.07, 6.45) is 2.57. The number of fused-ring (bicyclic) bond motifs is 1. The zero-order valence-corrected chi connectivity index (χ0v) is 20.0. The van der Waals surface area contributed by atoms with Crippen molar-refractivity contribution in [2.75, 3.05) is 35.0 Å². The molecule has 0 bridgehead atoms. The zero-order valence-electron chi connectivity index (χ0n) is 20.0. The minimum absolute atomic E-state index is 0.113. The second-order valence-electron chi connectivity index (χ2n) is 7.84. The van der Waals surface area contributed by atoms with Gasteiger partial charge in [-0.15, -0.1) is 0 Å². The Labute approximate surface area is 203 Å². The van der Waals surface area contributed by atoms with Crippen molar-refractivity contribution < 1.29 is 38.6 Å². The molecule has 0 saturated heterocycles. The van der Waals surface area contributed by atoms with Gasteiger partial charge in [0.2, 0.25) is 5.75 Å². The van der Waals surface area contributed by atoms with Gasteiger partial charge >= 0.3 is 0 Å². The molecule has 0 amide bonds. The fourth-order valence-electron chi connectivity index (χ4n) is 3.87. The lowest BCUT2D eigenvalue weighted by atomic mass is 10.0. The van der Waals surface area contributed by atoms with Crippen LogP contribution in [0.2, 0.25) is 0 Å². The summed E-state index contributed by atoms with van der Waals surface area (Å²) in [7, 11) is 6.12. The Morgan fingerprint density at radius 2 is 1.37 bits per heavy atom. The van der Waals surface area contributed by atoms with Gasteiger partial charge < -0.3 is 38.6 Å². The Balaban J connectivity index is 1.64. The fourth-order valence-corrected chi connectivity index (χ4v) is 3.87. The minimum atomic E-state index is -0.660. The van der Waals surface area contributed by atoms with E-state index in [1.165, 1.54) is 14.2 Å². The second kappa shape index (κ2) is 10.5. The van der Waals surface area contributed by atoms with Crippen LogP contribution in [0, 0.1) is 0 Å². The van der Waals surface area contributed by atoms with Crippen LogP contribution in [0.1, 0.15) is 22.8 Å². The van der Waals surface area contributed by atoms with Crippen molar-refractivity contribution in [1.29, 1.82) is 0 Å². The molecule has 0 radical (unpaired) electrons. The molecule has 4 rings (SSSR count). The van der Waals surface area contributed by atoms with Gasteiger partial charge in [-0.3, -0.25) is 0 Å². The summed E-state index contributed by atoms with van der Waals surface area (Å²) in [4.78, 5) is 0. The van der Waals surface area contributed by atoms with Crippen molar-refractivity contribution in [2.45, 2.75) is 12.2 Å². The highest BCUT2D eigenvalue weighted by molar-refractivity contribution is 5.72. The van der Waals surface area contributed by atoms with Gasteiger partial charge in [0, 0.05) is 11.6 Å². The first kappa shape index (κ1) is 24.1. The molecular formula is C27H28O8. The highest BCUT2D eigenvalue weighted by Crippen LogP contribution is 2.44. The summed E-state index contributed by atoms with van der Waals surface area (Å²) in [5.41, 5.74) is 2.43. The molecule has 1 aliphatic heterocycles. The highest BCUT2D eigenvalue weighted by Gasteiger charge is 2.34. The monoisotopic (exact) mass is 480 g/mol. The van der Waals surface area contributed by atoms with Crippen molar-refractivity contribution in [3.63, 3.8) is 0 Å². The Morgan fingerprint density at radius 3 is 1.94 bits per heavy atom. The summed E-state index contributed by atoms with van der Waals surface area (Å²) in [6.45, 7) is -0.269. The quantitative estimate of drug-likeness (QED) is 0.456. The van der Waals surface area contributed by atoms with Crippen LogP contribution in [0.5, 0.6) is 40.2 Å². The zero-order chi connectivity index (χ0) is 24.9. The minimum Gasteiger partial charge on any atom is -0.502 e. The van der Waals surface area contributed by atoms with Crippen LogP contribution in [0.4, 0.5) is 0 Å². The second-order valence-corrected chi connectivity index (χ2v) is 7.84. The number of rotatable bonds is 8. The number of aromatic hydroxyl groups is 1. The van der Waals surface area contributed by atoms with Crippen molar-refractivity contribution >= 4 is 12.2 Å². The normalized spacial score (nSPS) is 16.7. The van der Waals surface area contributed by atoms with Crippen LogP contribution in [0.25, 0.3) is 12.2 Å². The molecule has 8 heteroatoms. The molecule has 35 heavy (non-hydrogen) atoms. The van der Waals surface area contributed by atoms with Crippen molar-refractivity contribution in [1.82, 2.24) is 0 Å². The van der Waals surface area contributed by atoms with Crippen LogP contribution < -0.4 is 28.4 Å². The lowest BCUT2D eigenvalue weighted by Crippen LogP contribution is -2.36. The van der Waals surface area contributed by atoms with E-state index in [1.54, 1.807) is 32.4 Å². The van der Waals surface area contributed by atoms with E-state index >= 15 is 0 Å². The number of benzene rings is 3. The average molecular weight is 481 g/mol. The smallest absolute Gasteiger partial charge is 0.200 e. The van der Waals surface area contributed by atoms with Gasteiger partial charge in [-0.1, -0.05) is 18.2 Å². The molecule has 0 aliphatic carbocycles. The fraction of sp³-hybridized carbons (Fsp3) is 0.259. The number of methoxy groups -OCH3 is 4. The molecule has 2 N–H and O–H groups in total. The van der Waals surface area contributed by atoms with Crippen LogP contribution in [-0.4, -0.2) is 51.4 Å². The van der Waals surface area contributed by atoms with E-state index in [9.17, 15) is 10.2 Å². The van der Waals surface area contributed by atoms with Crippen LogP contribution in [-0.2, 0) is 0 Å². The van der Waals surface area contributed by atoms with Crippen LogP contribution in [0.15, 0.2) is 48.5 Å². The Kier molecular flexibility index (Phi) is 7.22. The average Bonchev–Trinajstić information content (AvgIpc) is 2.90. The molecule has 1 aliphatic rings. The third-order valence-electron chi connectivity index (χ3n) is 5.69. The molecule has 0 saturated carbocycles. The molecule has 0 fully saturated rings. The van der Waals surface area contributed by atoms with Gasteiger partial charge in [0.15, 0.2) is 35.2 Å². The number of aliphatic hydroxyl groups excluding tert-OH is 1. The Morgan fingerprint density at radius 1 is 0.743 bits per heavy atom. The number of aliphatic hydroxyl groups is 1. The lowest BCUT2D eigenvalue weighted by Gasteiger charge is -2.33. The summed E-state index contributed by atoms with van der Waals surface area (Å²) in [6, 6.07) is 14.5. The topological polar surface area (TPSA) is 95.8 Å². The molecular weight excluding hydrogens is 452 g/mol. The number of hydrogen-bond donors (Lipinski definition) is 2. The van der Waals surface area contributed by atoms with E-state index in [0.717, 1.165) is 11.1 Å². The third-order valence-corrected chi connectivity index (χ3v) is 5.69. The van der Waals surface area contributed by atoms with Gasteiger partial charge in [0.25, 0.3) is 0 Å². The van der Waals surface area contributed by atoms with Crippen LogP contribution >= 0.6 is 0 Å². The first-order chi connectivity index (χ1) is 17.0. The van der Waals surface area contributed by atoms with E-state index < -0.39 is 12.2 Å². The molecule has 0 spiro atoms.